The molecule has 1 rings (SSSR count). The van der Waals surface area contributed by atoms with Crippen molar-refractivity contribution in [2.75, 3.05) is 13.6 Å². The smallest absolute Gasteiger partial charge is 0.275 e. The number of hydrazine groups is 1. The van der Waals surface area contributed by atoms with Crippen LogP contribution in [0.5, 0.6) is 0 Å². The first-order chi connectivity index (χ1) is 8.58. The first kappa shape index (κ1) is 15.1. The van der Waals surface area contributed by atoms with E-state index in [1.807, 2.05) is 13.0 Å². The molecule has 5 heteroatoms. The second kappa shape index (κ2) is 7.51. The highest BCUT2D eigenvalue weighted by atomic mass is 32.1. The van der Waals surface area contributed by atoms with Gasteiger partial charge in [0, 0.05) is 11.4 Å². The molecule has 0 aliphatic heterocycles. The summed E-state index contributed by atoms with van der Waals surface area (Å²) in [6, 6.07) is 1.94. The minimum atomic E-state index is -0.206. The fourth-order valence-electron chi connectivity index (χ4n) is 1.86. The summed E-state index contributed by atoms with van der Waals surface area (Å²) in [5, 5.41) is 0. The Morgan fingerprint density at radius 2 is 2.22 bits per heavy atom. The van der Waals surface area contributed by atoms with E-state index in [4.69, 9.17) is 5.84 Å². The summed E-state index contributed by atoms with van der Waals surface area (Å²) in [7, 11) is 2.12. The molecule has 1 amide bonds. The number of unbranched alkanes of at least 4 members (excludes halogenated alkanes) is 2. The van der Waals surface area contributed by atoms with Crippen LogP contribution >= 0.6 is 11.3 Å². The summed E-state index contributed by atoms with van der Waals surface area (Å²) in [4.78, 5) is 15.6. The molecule has 0 saturated carbocycles. The summed E-state index contributed by atoms with van der Waals surface area (Å²) in [5.41, 5.74) is 3.39. The molecule has 1 aromatic heterocycles. The topological polar surface area (TPSA) is 58.4 Å². The van der Waals surface area contributed by atoms with E-state index in [2.05, 4.69) is 24.3 Å². The number of hydrogen-bond donors (Lipinski definition) is 2. The van der Waals surface area contributed by atoms with Gasteiger partial charge in [0.1, 0.15) is 0 Å². The highest BCUT2D eigenvalue weighted by Gasteiger charge is 2.12. The number of carbonyl (C=O) groups excluding carboxylic acids is 1. The third kappa shape index (κ3) is 4.40. The molecule has 4 nitrogen and oxygen atoms in total. The van der Waals surface area contributed by atoms with Crippen LogP contribution in [0.3, 0.4) is 0 Å². The lowest BCUT2D eigenvalue weighted by molar-refractivity contribution is 0.0957. The van der Waals surface area contributed by atoms with Gasteiger partial charge in [-0.2, -0.15) is 0 Å². The van der Waals surface area contributed by atoms with Crippen LogP contribution in [0.1, 0.15) is 46.3 Å². The predicted octanol–water partition coefficient (Wildman–Crippen LogP) is 2.28. The molecule has 0 unspecified atom stereocenters. The molecular formula is C13H23N3OS. The largest absolute Gasteiger partial charge is 0.302 e. The lowest BCUT2D eigenvalue weighted by Gasteiger charge is -2.16. The van der Waals surface area contributed by atoms with E-state index in [1.54, 1.807) is 0 Å². The molecule has 0 bridgehead atoms. The molecule has 1 heterocycles. The van der Waals surface area contributed by atoms with Crippen molar-refractivity contribution in [3.63, 3.8) is 0 Å². The van der Waals surface area contributed by atoms with Gasteiger partial charge in [-0.15, -0.1) is 11.3 Å². The zero-order valence-electron chi connectivity index (χ0n) is 11.5. The number of nitrogen functional groups attached to an aromatic ring is 1. The summed E-state index contributed by atoms with van der Waals surface area (Å²) < 4.78 is 0. The average Bonchev–Trinajstić information content (AvgIpc) is 2.70. The van der Waals surface area contributed by atoms with Gasteiger partial charge in [-0.1, -0.05) is 19.8 Å². The number of nitrogens with two attached hydrogens (primary N) is 1. The lowest BCUT2D eigenvalue weighted by Crippen LogP contribution is -2.29. The van der Waals surface area contributed by atoms with Gasteiger partial charge < -0.3 is 4.90 Å². The summed E-state index contributed by atoms with van der Waals surface area (Å²) in [6.07, 6.45) is 3.74. The number of hydrogen-bond acceptors (Lipinski definition) is 4. The molecule has 102 valence electrons. The third-order valence-electron chi connectivity index (χ3n) is 2.96. The van der Waals surface area contributed by atoms with Gasteiger partial charge in [-0.3, -0.25) is 10.2 Å². The Morgan fingerprint density at radius 1 is 1.50 bits per heavy atom. The van der Waals surface area contributed by atoms with Gasteiger partial charge in [0.05, 0.1) is 4.88 Å². The molecule has 18 heavy (non-hydrogen) atoms. The van der Waals surface area contributed by atoms with Crippen LogP contribution in [0.2, 0.25) is 0 Å². The SMILES string of the molecule is CCCCCN(C)Cc1cc(C(=O)NN)sc1C. The zero-order chi connectivity index (χ0) is 13.5. The molecule has 0 saturated heterocycles. The number of aryl methyl sites for hydroxylation is 1. The maximum Gasteiger partial charge on any atom is 0.275 e. The van der Waals surface area contributed by atoms with E-state index in [0.717, 1.165) is 13.1 Å². The molecule has 0 atom stereocenters. The minimum absolute atomic E-state index is 0.206. The zero-order valence-corrected chi connectivity index (χ0v) is 12.3. The Kier molecular flexibility index (Phi) is 6.32. The van der Waals surface area contributed by atoms with Crippen LogP contribution in [0.25, 0.3) is 0 Å². The molecule has 0 fully saturated rings. The second-order valence-corrected chi connectivity index (χ2v) is 5.87. The quantitative estimate of drug-likeness (QED) is 0.345. The fraction of sp³-hybridized carbons (Fsp3) is 0.615. The van der Waals surface area contributed by atoms with Crippen LogP contribution < -0.4 is 11.3 Å². The normalized spacial score (nSPS) is 10.9. The molecule has 1 aromatic rings. The number of thiophene rings is 1. The van der Waals surface area contributed by atoms with E-state index >= 15 is 0 Å². The second-order valence-electron chi connectivity index (χ2n) is 4.61. The van der Waals surface area contributed by atoms with Crippen LogP contribution in [-0.4, -0.2) is 24.4 Å². The first-order valence-corrected chi connectivity index (χ1v) is 7.19. The Morgan fingerprint density at radius 3 is 2.83 bits per heavy atom. The average molecular weight is 269 g/mol. The van der Waals surface area contributed by atoms with Crippen LogP contribution in [0.4, 0.5) is 0 Å². The molecule has 0 aliphatic rings. The highest BCUT2D eigenvalue weighted by molar-refractivity contribution is 7.14. The Bertz CT molecular complexity index is 390. The summed E-state index contributed by atoms with van der Waals surface area (Å²) in [6.45, 7) is 6.25. The molecular weight excluding hydrogens is 246 g/mol. The van der Waals surface area contributed by atoms with Crippen LogP contribution in [0.15, 0.2) is 6.07 Å². The number of amides is 1. The third-order valence-corrected chi connectivity index (χ3v) is 4.05. The highest BCUT2D eigenvalue weighted by Crippen LogP contribution is 2.22. The Hall–Kier alpha value is -0.910. The van der Waals surface area contributed by atoms with Crippen molar-refractivity contribution in [2.24, 2.45) is 5.84 Å². The van der Waals surface area contributed by atoms with Crippen LogP contribution in [0, 0.1) is 6.92 Å². The number of carbonyl (C=O) groups is 1. The predicted molar refractivity (Wildman–Crippen MR) is 76.6 cm³/mol. The van der Waals surface area contributed by atoms with Crippen molar-refractivity contribution < 1.29 is 4.79 Å². The Balaban J connectivity index is 2.56. The maximum absolute atomic E-state index is 11.4. The molecule has 0 aliphatic carbocycles. The fourth-order valence-corrected chi connectivity index (χ4v) is 2.80. The van der Waals surface area contributed by atoms with E-state index in [9.17, 15) is 4.79 Å². The van der Waals surface area contributed by atoms with E-state index in [0.29, 0.717) is 4.88 Å². The monoisotopic (exact) mass is 269 g/mol. The van der Waals surface area contributed by atoms with Gasteiger partial charge in [0.2, 0.25) is 0 Å². The maximum atomic E-state index is 11.4. The van der Waals surface area contributed by atoms with E-state index in [-0.39, 0.29) is 5.91 Å². The van der Waals surface area contributed by atoms with Gasteiger partial charge in [0.15, 0.2) is 0 Å². The standard InChI is InChI=1S/C13H23N3OS/c1-4-5-6-7-16(3)9-11-8-12(13(17)15-14)18-10(11)2/h8H,4-7,9,14H2,1-3H3,(H,15,17). The van der Waals surface area contributed by atoms with Crippen molar-refractivity contribution in [1.82, 2.24) is 10.3 Å². The number of nitrogens with one attached hydrogen (secondary N) is 1. The van der Waals surface area contributed by atoms with Crippen molar-refractivity contribution >= 4 is 17.2 Å². The Labute approximate surface area is 113 Å². The minimum Gasteiger partial charge on any atom is -0.302 e. The van der Waals surface area contributed by atoms with Crippen molar-refractivity contribution in [3.8, 4) is 0 Å². The molecule has 0 spiro atoms. The van der Waals surface area contributed by atoms with E-state index in [1.165, 1.54) is 41.0 Å². The van der Waals surface area contributed by atoms with Crippen molar-refractivity contribution in [2.45, 2.75) is 39.7 Å². The number of rotatable bonds is 7. The molecule has 0 radical (unpaired) electrons. The first-order valence-electron chi connectivity index (χ1n) is 6.37. The van der Waals surface area contributed by atoms with Crippen molar-refractivity contribution in [1.29, 1.82) is 0 Å². The van der Waals surface area contributed by atoms with Crippen LogP contribution in [-0.2, 0) is 6.54 Å². The summed E-state index contributed by atoms with van der Waals surface area (Å²) in [5.74, 6) is 4.94. The van der Waals surface area contributed by atoms with Gasteiger partial charge in [-0.25, -0.2) is 5.84 Å². The summed E-state index contributed by atoms with van der Waals surface area (Å²) >= 11 is 1.50. The molecule has 3 N–H and O–H groups in total. The van der Waals surface area contributed by atoms with Gasteiger partial charge in [0.25, 0.3) is 5.91 Å². The van der Waals surface area contributed by atoms with Crippen molar-refractivity contribution in [3.05, 3.63) is 21.4 Å². The van der Waals surface area contributed by atoms with Gasteiger partial charge in [-0.05, 0) is 38.6 Å². The molecule has 0 aromatic carbocycles. The van der Waals surface area contributed by atoms with Gasteiger partial charge >= 0.3 is 0 Å². The van der Waals surface area contributed by atoms with E-state index < -0.39 is 0 Å². The number of nitrogens with zero attached hydrogens (tertiary/aromatic N) is 1. The lowest BCUT2D eigenvalue weighted by atomic mass is 10.2.